The van der Waals surface area contributed by atoms with E-state index >= 15 is 0 Å². The lowest BCUT2D eigenvalue weighted by Crippen LogP contribution is -2.36. The van der Waals surface area contributed by atoms with Gasteiger partial charge in [0.05, 0.1) is 19.3 Å². The van der Waals surface area contributed by atoms with E-state index in [1.807, 2.05) is 37.3 Å². The number of methoxy groups -OCH3 is 1. The van der Waals surface area contributed by atoms with Crippen LogP contribution in [0.25, 0.3) is 0 Å². The lowest BCUT2D eigenvalue weighted by molar-refractivity contribution is -0.114. The number of hydrogen-bond acceptors (Lipinski definition) is 5. The minimum Gasteiger partial charge on any atom is -0.495 e. The molecule has 2 aromatic carbocycles. The van der Waals surface area contributed by atoms with Crippen LogP contribution in [0.2, 0.25) is 0 Å². The number of aryl methyl sites for hydroxylation is 1. The fraction of sp³-hybridized carbons (Fsp3) is 0.167. The molecule has 0 unspecified atom stereocenters. The normalized spacial score (nSPS) is 10.9. The molecule has 164 valence electrons. The Hall–Kier alpha value is -4.20. The third kappa shape index (κ3) is 6.40. The zero-order chi connectivity index (χ0) is 22.9. The standard InChI is InChI=1S/C24H25N5O3/c1-16-7-8-22(32-3)21(13-16)28-24(26-15-18-9-11-25-12-10-18)29-23(31)19-5-4-6-20(14-19)27-17(2)30/h4-14H,15H2,1-3H3,(H,27,30)(H2,26,28,29,31). The van der Waals surface area contributed by atoms with Crippen molar-refractivity contribution in [3.05, 3.63) is 83.7 Å². The van der Waals surface area contributed by atoms with Crippen LogP contribution < -0.4 is 20.7 Å². The molecule has 1 aromatic heterocycles. The fourth-order valence-corrected chi connectivity index (χ4v) is 2.94. The van der Waals surface area contributed by atoms with Gasteiger partial charge in [-0.05, 0) is 60.5 Å². The van der Waals surface area contributed by atoms with Crippen molar-refractivity contribution in [2.24, 2.45) is 4.99 Å². The molecule has 8 nitrogen and oxygen atoms in total. The molecule has 0 bridgehead atoms. The summed E-state index contributed by atoms with van der Waals surface area (Å²) in [5.41, 5.74) is 3.56. The number of amides is 2. The number of guanidine groups is 1. The van der Waals surface area contributed by atoms with E-state index in [9.17, 15) is 9.59 Å². The van der Waals surface area contributed by atoms with Crippen LogP contribution in [0, 0.1) is 6.92 Å². The number of aromatic nitrogens is 1. The van der Waals surface area contributed by atoms with Gasteiger partial charge in [0.1, 0.15) is 5.75 Å². The summed E-state index contributed by atoms with van der Waals surface area (Å²) in [7, 11) is 1.58. The summed E-state index contributed by atoms with van der Waals surface area (Å²) in [5.74, 6) is 0.301. The molecule has 0 saturated carbocycles. The van der Waals surface area contributed by atoms with Gasteiger partial charge in [0.15, 0.2) is 0 Å². The van der Waals surface area contributed by atoms with Crippen LogP contribution in [0.5, 0.6) is 5.75 Å². The Morgan fingerprint density at radius 1 is 1.03 bits per heavy atom. The second-order valence-corrected chi connectivity index (χ2v) is 7.07. The van der Waals surface area contributed by atoms with Crippen LogP contribution in [-0.2, 0) is 11.3 Å². The number of ether oxygens (including phenoxy) is 1. The molecule has 2 amide bonds. The third-order valence-corrected chi connectivity index (χ3v) is 4.45. The van der Waals surface area contributed by atoms with Gasteiger partial charge in [-0.25, -0.2) is 4.99 Å². The number of nitrogens with one attached hydrogen (secondary N) is 3. The van der Waals surface area contributed by atoms with Gasteiger partial charge in [-0.15, -0.1) is 0 Å². The van der Waals surface area contributed by atoms with E-state index in [2.05, 4.69) is 25.9 Å². The van der Waals surface area contributed by atoms with E-state index in [0.29, 0.717) is 29.2 Å². The van der Waals surface area contributed by atoms with Crippen molar-refractivity contribution in [1.29, 1.82) is 0 Å². The highest BCUT2D eigenvalue weighted by molar-refractivity contribution is 6.10. The lowest BCUT2D eigenvalue weighted by Gasteiger charge is -2.15. The average Bonchev–Trinajstić information content (AvgIpc) is 2.78. The Bertz CT molecular complexity index is 1130. The maximum Gasteiger partial charge on any atom is 0.258 e. The number of aliphatic imine (C=N–C) groups is 1. The summed E-state index contributed by atoms with van der Waals surface area (Å²) < 4.78 is 5.43. The summed E-state index contributed by atoms with van der Waals surface area (Å²) in [4.78, 5) is 32.8. The summed E-state index contributed by atoms with van der Waals surface area (Å²) in [6, 6.07) is 16.1. The molecule has 0 fully saturated rings. The molecule has 3 rings (SSSR count). The summed E-state index contributed by atoms with van der Waals surface area (Å²) in [6.07, 6.45) is 3.38. The number of pyridine rings is 1. The van der Waals surface area contributed by atoms with Gasteiger partial charge in [-0.1, -0.05) is 12.1 Å². The zero-order valence-corrected chi connectivity index (χ0v) is 18.2. The van der Waals surface area contributed by atoms with Gasteiger partial charge in [0.2, 0.25) is 11.9 Å². The molecule has 0 aliphatic heterocycles. The SMILES string of the molecule is COc1ccc(C)cc1NC(=NCc1ccncc1)NC(=O)c1cccc(NC(C)=O)c1. The lowest BCUT2D eigenvalue weighted by atomic mass is 10.2. The van der Waals surface area contributed by atoms with Crippen LogP contribution in [0.1, 0.15) is 28.4 Å². The predicted molar refractivity (Wildman–Crippen MR) is 125 cm³/mol. The second kappa shape index (κ2) is 10.7. The Balaban J connectivity index is 1.86. The molecule has 0 aliphatic carbocycles. The molecule has 1 heterocycles. The molecule has 0 radical (unpaired) electrons. The highest BCUT2D eigenvalue weighted by Crippen LogP contribution is 2.25. The van der Waals surface area contributed by atoms with E-state index in [-0.39, 0.29) is 17.8 Å². The number of carbonyl (C=O) groups excluding carboxylic acids is 2. The van der Waals surface area contributed by atoms with Crippen LogP contribution in [0.3, 0.4) is 0 Å². The van der Waals surface area contributed by atoms with Gasteiger partial charge in [0.25, 0.3) is 5.91 Å². The summed E-state index contributed by atoms with van der Waals surface area (Å²) in [6.45, 7) is 3.71. The number of carbonyl (C=O) groups is 2. The molecule has 3 aromatic rings. The highest BCUT2D eigenvalue weighted by Gasteiger charge is 2.13. The van der Waals surface area contributed by atoms with E-state index < -0.39 is 0 Å². The van der Waals surface area contributed by atoms with Gasteiger partial charge >= 0.3 is 0 Å². The molecule has 3 N–H and O–H groups in total. The largest absolute Gasteiger partial charge is 0.495 e. The van der Waals surface area contributed by atoms with Crippen molar-refractivity contribution in [3.8, 4) is 5.75 Å². The van der Waals surface area contributed by atoms with Crippen molar-refractivity contribution in [2.45, 2.75) is 20.4 Å². The predicted octanol–water partition coefficient (Wildman–Crippen LogP) is 3.76. The Labute approximate surface area is 186 Å². The maximum absolute atomic E-state index is 12.9. The molecular weight excluding hydrogens is 406 g/mol. The monoisotopic (exact) mass is 431 g/mol. The number of benzene rings is 2. The minimum atomic E-state index is -0.371. The first-order valence-electron chi connectivity index (χ1n) is 9.98. The van der Waals surface area contributed by atoms with Crippen LogP contribution in [0.15, 0.2) is 72.0 Å². The first-order chi connectivity index (χ1) is 15.4. The Morgan fingerprint density at radius 2 is 1.81 bits per heavy atom. The van der Waals surface area contributed by atoms with Gasteiger partial charge < -0.3 is 15.4 Å². The zero-order valence-electron chi connectivity index (χ0n) is 18.2. The summed E-state index contributed by atoms with van der Waals surface area (Å²) in [5, 5.41) is 8.66. The van der Waals surface area contributed by atoms with Crippen molar-refractivity contribution in [1.82, 2.24) is 10.3 Å². The fourth-order valence-electron chi connectivity index (χ4n) is 2.94. The summed E-state index contributed by atoms with van der Waals surface area (Å²) >= 11 is 0. The number of hydrogen-bond donors (Lipinski definition) is 3. The molecular formula is C24H25N5O3. The average molecular weight is 431 g/mol. The van der Waals surface area contributed by atoms with E-state index in [4.69, 9.17) is 4.74 Å². The first kappa shape index (κ1) is 22.5. The van der Waals surface area contributed by atoms with Crippen LogP contribution in [-0.4, -0.2) is 29.9 Å². The number of anilines is 2. The van der Waals surface area contributed by atoms with Crippen LogP contribution in [0.4, 0.5) is 11.4 Å². The molecule has 0 spiro atoms. The van der Waals surface area contributed by atoms with Gasteiger partial charge in [0, 0.05) is 30.6 Å². The van der Waals surface area contributed by atoms with Crippen molar-refractivity contribution < 1.29 is 14.3 Å². The minimum absolute atomic E-state index is 0.213. The molecule has 0 aliphatic rings. The van der Waals surface area contributed by atoms with Crippen molar-refractivity contribution >= 4 is 29.1 Å². The molecule has 32 heavy (non-hydrogen) atoms. The second-order valence-electron chi connectivity index (χ2n) is 7.07. The Kier molecular flexibility index (Phi) is 7.53. The molecule has 0 atom stereocenters. The highest BCUT2D eigenvalue weighted by atomic mass is 16.5. The molecule has 8 heteroatoms. The van der Waals surface area contributed by atoms with E-state index in [1.165, 1.54) is 6.92 Å². The number of nitrogens with zero attached hydrogens (tertiary/aromatic N) is 2. The topological polar surface area (TPSA) is 105 Å². The third-order valence-electron chi connectivity index (χ3n) is 4.45. The molecule has 0 saturated heterocycles. The van der Waals surface area contributed by atoms with E-state index in [0.717, 1.165) is 11.1 Å². The van der Waals surface area contributed by atoms with Gasteiger partial charge in [-0.2, -0.15) is 0 Å². The smallest absolute Gasteiger partial charge is 0.258 e. The van der Waals surface area contributed by atoms with Crippen molar-refractivity contribution in [2.75, 3.05) is 17.7 Å². The maximum atomic E-state index is 12.9. The quantitative estimate of drug-likeness (QED) is 0.407. The van der Waals surface area contributed by atoms with Crippen LogP contribution >= 0.6 is 0 Å². The van der Waals surface area contributed by atoms with E-state index in [1.54, 1.807) is 43.8 Å². The first-order valence-corrected chi connectivity index (χ1v) is 9.98. The number of rotatable bonds is 6. The van der Waals surface area contributed by atoms with Gasteiger partial charge in [-0.3, -0.25) is 19.9 Å². The Morgan fingerprint density at radius 3 is 2.53 bits per heavy atom. The van der Waals surface area contributed by atoms with Crippen molar-refractivity contribution in [3.63, 3.8) is 0 Å².